The third-order valence-corrected chi connectivity index (χ3v) is 5.35. The molecule has 1 atom stereocenters. The van der Waals surface area contributed by atoms with Gasteiger partial charge < -0.3 is 5.32 Å². The van der Waals surface area contributed by atoms with Crippen LogP contribution in [0.2, 0.25) is 0 Å². The molecule has 27 heavy (non-hydrogen) atoms. The first-order valence-electron chi connectivity index (χ1n) is 10.2. The Bertz CT molecular complexity index is 745. The molecule has 0 saturated heterocycles. The first-order chi connectivity index (χ1) is 13.3. The minimum absolute atomic E-state index is 0.558. The van der Waals surface area contributed by atoms with Gasteiger partial charge in [0.2, 0.25) is 0 Å². The number of hydrogen-bond acceptors (Lipinski definition) is 3. The Labute approximate surface area is 163 Å². The average Bonchev–Trinajstić information content (AvgIpc) is 2.66. The Morgan fingerprint density at radius 3 is 2.81 bits per heavy atom. The molecule has 0 radical (unpaired) electrons. The fourth-order valence-electron chi connectivity index (χ4n) is 3.80. The van der Waals surface area contributed by atoms with Gasteiger partial charge in [-0.2, -0.15) is 0 Å². The van der Waals surface area contributed by atoms with Crippen LogP contribution in [0.5, 0.6) is 0 Å². The normalized spacial score (nSPS) is 20.7. The van der Waals surface area contributed by atoms with Crippen molar-refractivity contribution < 1.29 is 0 Å². The van der Waals surface area contributed by atoms with Crippen molar-refractivity contribution in [3.05, 3.63) is 78.3 Å². The number of anilines is 1. The lowest BCUT2D eigenvalue weighted by molar-refractivity contribution is 0.277. The number of aromatic nitrogens is 2. The third-order valence-electron chi connectivity index (χ3n) is 5.35. The van der Waals surface area contributed by atoms with E-state index in [1.807, 2.05) is 6.07 Å². The molecule has 1 aromatic carbocycles. The predicted octanol–water partition coefficient (Wildman–Crippen LogP) is 5.78. The summed E-state index contributed by atoms with van der Waals surface area (Å²) in [5.41, 5.74) is 3.07. The van der Waals surface area contributed by atoms with Gasteiger partial charge in [-0.3, -0.25) is 0 Å². The number of hydrogen-bond donors (Lipinski definition) is 1. The van der Waals surface area contributed by atoms with E-state index in [1.165, 1.54) is 18.4 Å². The molecule has 3 heteroatoms. The standard InChI is InChI=1S/C24H31N3/c1-3-4-5-6-9-19(2)14-21-10-7-8-11-23(21)22-15-20(16-22)17-26-24-12-13-25-18-27-24/h4-13,18-20,22H,3,14-17H2,1-2H3,(H,25,26,27)/b5-4-,9-6-. The maximum atomic E-state index is 4.24. The van der Waals surface area contributed by atoms with Crippen LogP contribution in [0, 0.1) is 11.8 Å². The van der Waals surface area contributed by atoms with E-state index < -0.39 is 0 Å². The molecule has 1 aromatic heterocycles. The van der Waals surface area contributed by atoms with Crippen LogP contribution in [0.25, 0.3) is 0 Å². The van der Waals surface area contributed by atoms with Crippen LogP contribution in [0.1, 0.15) is 50.2 Å². The van der Waals surface area contributed by atoms with Gasteiger partial charge in [0.15, 0.2) is 0 Å². The van der Waals surface area contributed by atoms with Crippen LogP contribution < -0.4 is 5.32 Å². The van der Waals surface area contributed by atoms with Gasteiger partial charge in [-0.25, -0.2) is 9.97 Å². The van der Waals surface area contributed by atoms with Crippen LogP contribution in [0.3, 0.4) is 0 Å². The van der Waals surface area contributed by atoms with Crippen LogP contribution in [-0.4, -0.2) is 16.5 Å². The molecule has 3 rings (SSSR count). The Morgan fingerprint density at radius 1 is 1.19 bits per heavy atom. The summed E-state index contributed by atoms with van der Waals surface area (Å²) in [5.74, 6) is 2.92. The predicted molar refractivity (Wildman–Crippen MR) is 114 cm³/mol. The summed E-state index contributed by atoms with van der Waals surface area (Å²) in [5, 5.41) is 3.43. The molecule has 142 valence electrons. The fourth-order valence-corrected chi connectivity index (χ4v) is 3.80. The van der Waals surface area contributed by atoms with E-state index in [-0.39, 0.29) is 0 Å². The van der Waals surface area contributed by atoms with E-state index in [4.69, 9.17) is 0 Å². The highest BCUT2D eigenvalue weighted by Crippen LogP contribution is 2.43. The lowest BCUT2D eigenvalue weighted by Gasteiger charge is -2.37. The monoisotopic (exact) mass is 361 g/mol. The number of nitrogens with one attached hydrogen (secondary N) is 1. The van der Waals surface area contributed by atoms with E-state index in [9.17, 15) is 0 Å². The summed E-state index contributed by atoms with van der Waals surface area (Å²) in [6, 6.07) is 10.9. The molecule has 3 nitrogen and oxygen atoms in total. The summed E-state index contributed by atoms with van der Waals surface area (Å²) in [6.45, 7) is 5.47. The second-order valence-electron chi connectivity index (χ2n) is 7.61. The Balaban J connectivity index is 1.51. The summed E-state index contributed by atoms with van der Waals surface area (Å²) in [7, 11) is 0. The quantitative estimate of drug-likeness (QED) is 0.575. The minimum Gasteiger partial charge on any atom is -0.370 e. The van der Waals surface area contributed by atoms with Crippen LogP contribution in [0.15, 0.2) is 67.2 Å². The molecule has 0 bridgehead atoms. The van der Waals surface area contributed by atoms with Crippen LogP contribution >= 0.6 is 0 Å². The molecular formula is C24H31N3. The van der Waals surface area contributed by atoms with Crippen LogP contribution in [0.4, 0.5) is 5.82 Å². The molecule has 1 heterocycles. The molecule has 0 aliphatic heterocycles. The van der Waals surface area contributed by atoms with Crippen LogP contribution in [-0.2, 0) is 6.42 Å². The van der Waals surface area contributed by atoms with Gasteiger partial charge in [-0.05, 0) is 60.6 Å². The first-order valence-corrected chi connectivity index (χ1v) is 10.2. The highest BCUT2D eigenvalue weighted by Gasteiger charge is 2.31. The molecule has 1 saturated carbocycles. The largest absolute Gasteiger partial charge is 0.370 e. The number of benzene rings is 1. The number of allylic oxidation sites excluding steroid dienone is 4. The van der Waals surface area contributed by atoms with Gasteiger partial charge in [-0.15, -0.1) is 0 Å². The molecular weight excluding hydrogens is 330 g/mol. The van der Waals surface area contributed by atoms with Gasteiger partial charge in [-0.1, -0.05) is 62.4 Å². The van der Waals surface area contributed by atoms with Crippen molar-refractivity contribution >= 4 is 5.82 Å². The van der Waals surface area contributed by atoms with Crippen molar-refractivity contribution in [3.8, 4) is 0 Å². The van der Waals surface area contributed by atoms with Crippen molar-refractivity contribution in [2.75, 3.05) is 11.9 Å². The Hall–Kier alpha value is -2.42. The van der Waals surface area contributed by atoms with E-state index in [1.54, 1.807) is 18.1 Å². The third kappa shape index (κ3) is 5.78. The molecule has 0 spiro atoms. The lowest BCUT2D eigenvalue weighted by Crippen LogP contribution is -2.29. The molecule has 1 unspecified atom stereocenters. The highest BCUT2D eigenvalue weighted by atomic mass is 15.0. The highest BCUT2D eigenvalue weighted by molar-refractivity contribution is 5.34. The molecule has 1 N–H and O–H groups in total. The number of nitrogens with zero attached hydrogens (tertiary/aromatic N) is 2. The van der Waals surface area contributed by atoms with Gasteiger partial charge in [0, 0.05) is 12.7 Å². The van der Waals surface area contributed by atoms with Gasteiger partial charge >= 0.3 is 0 Å². The van der Waals surface area contributed by atoms with Crippen molar-refractivity contribution in [1.29, 1.82) is 0 Å². The lowest BCUT2D eigenvalue weighted by atomic mass is 9.70. The number of rotatable bonds is 9. The first kappa shape index (κ1) is 19.3. The maximum Gasteiger partial charge on any atom is 0.129 e. The Kier molecular flexibility index (Phi) is 7.20. The fraction of sp³-hybridized carbons (Fsp3) is 0.417. The second kappa shape index (κ2) is 10.1. The summed E-state index contributed by atoms with van der Waals surface area (Å²) in [4.78, 5) is 8.20. The second-order valence-corrected chi connectivity index (χ2v) is 7.61. The van der Waals surface area contributed by atoms with E-state index in [2.05, 4.69) is 77.7 Å². The summed E-state index contributed by atoms with van der Waals surface area (Å²) in [6.07, 6.45) is 17.0. The molecule has 0 amide bonds. The van der Waals surface area contributed by atoms with Gasteiger partial charge in [0.05, 0.1) is 0 Å². The molecule has 1 aliphatic rings. The SMILES string of the molecule is CC/C=C\C=C/C(C)Cc1ccccc1C1CC(CNc2ccncn2)C1. The van der Waals surface area contributed by atoms with E-state index >= 15 is 0 Å². The zero-order chi connectivity index (χ0) is 18.9. The smallest absolute Gasteiger partial charge is 0.129 e. The molecule has 2 aromatic rings. The topological polar surface area (TPSA) is 37.8 Å². The van der Waals surface area contributed by atoms with E-state index in [0.717, 1.165) is 31.1 Å². The zero-order valence-electron chi connectivity index (χ0n) is 16.5. The minimum atomic E-state index is 0.558. The zero-order valence-corrected chi connectivity index (χ0v) is 16.5. The van der Waals surface area contributed by atoms with Crippen molar-refractivity contribution in [3.63, 3.8) is 0 Å². The summed E-state index contributed by atoms with van der Waals surface area (Å²) < 4.78 is 0. The van der Waals surface area contributed by atoms with Gasteiger partial charge in [0.25, 0.3) is 0 Å². The van der Waals surface area contributed by atoms with Crippen molar-refractivity contribution in [2.24, 2.45) is 11.8 Å². The summed E-state index contributed by atoms with van der Waals surface area (Å²) >= 11 is 0. The van der Waals surface area contributed by atoms with E-state index in [0.29, 0.717) is 11.8 Å². The van der Waals surface area contributed by atoms with Gasteiger partial charge in [0.1, 0.15) is 12.1 Å². The molecule has 1 aliphatic carbocycles. The average molecular weight is 362 g/mol. The van der Waals surface area contributed by atoms with Crippen molar-refractivity contribution in [1.82, 2.24) is 9.97 Å². The molecule has 1 fully saturated rings. The maximum absolute atomic E-state index is 4.24. The van der Waals surface area contributed by atoms with Crippen molar-refractivity contribution in [2.45, 2.75) is 45.4 Å². The Morgan fingerprint density at radius 2 is 2.04 bits per heavy atom.